The van der Waals surface area contributed by atoms with E-state index in [1.165, 1.54) is 0 Å². The van der Waals surface area contributed by atoms with Gasteiger partial charge < -0.3 is 9.64 Å². The number of hydrogen-bond donors (Lipinski definition) is 2. The zero-order valence-electron chi connectivity index (χ0n) is 16.8. The lowest BCUT2D eigenvalue weighted by atomic mass is 10.0. The predicted molar refractivity (Wildman–Crippen MR) is 114 cm³/mol. The van der Waals surface area contributed by atoms with Gasteiger partial charge in [0.05, 0.1) is 11.8 Å². The maximum atomic E-state index is 12.1. The molecule has 1 aliphatic rings. The molecule has 3 heterocycles. The van der Waals surface area contributed by atoms with E-state index >= 15 is 0 Å². The third-order valence-electron chi connectivity index (χ3n) is 5.45. The first-order valence-corrected chi connectivity index (χ1v) is 9.93. The highest BCUT2D eigenvalue weighted by Gasteiger charge is 2.21. The Morgan fingerprint density at radius 3 is 2.47 bits per heavy atom. The topological polar surface area (TPSA) is 87.6 Å². The minimum Gasteiger partial charge on any atom is -0.381 e. The molecule has 1 aromatic carbocycles. The fraction of sp³-hybridized carbons (Fsp3) is 0.261. The van der Waals surface area contributed by atoms with Gasteiger partial charge in [-0.15, -0.1) is 0 Å². The Bertz CT molecular complexity index is 1000. The highest BCUT2D eigenvalue weighted by molar-refractivity contribution is 5.95. The largest absolute Gasteiger partial charge is 0.381 e. The van der Waals surface area contributed by atoms with Crippen LogP contribution >= 0.6 is 0 Å². The van der Waals surface area contributed by atoms with Gasteiger partial charge in [-0.3, -0.25) is 15.0 Å². The SMILES string of the molecule is COC1CCN(c2cc(C(=O)NO)cc(-c3ccc(-c4cccnc4)cc3)n2)CC1. The minimum absolute atomic E-state index is 0.254. The van der Waals surface area contributed by atoms with Crippen molar-refractivity contribution >= 4 is 11.7 Å². The van der Waals surface area contributed by atoms with Crippen molar-refractivity contribution < 1.29 is 14.7 Å². The number of methoxy groups -OCH3 is 1. The normalized spacial score (nSPS) is 14.5. The van der Waals surface area contributed by atoms with Crippen LogP contribution in [-0.4, -0.2) is 47.4 Å². The highest BCUT2D eigenvalue weighted by atomic mass is 16.5. The highest BCUT2D eigenvalue weighted by Crippen LogP contribution is 2.28. The van der Waals surface area contributed by atoms with Gasteiger partial charge >= 0.3 is 0 Å². The van der Waals surface area contributed by atoms with E-state index in [9.17, 15) is 4.79 Å². The van der Waals surface area contributed by atoms with Crippen LogP contribution < -0.4 is 10.4 Å². The first-order chi connectivity index (χ1) is 14.7. The Kier molecular flexibility index (Phi) is 6.02. The summed E-state index contributed by atoms with van der Waals surface area (Å²) in [5.41, 5.74) is 5.75. The quantitative estimate of drug-likeness (QED) is 0.500. The number of carbonyl (C=O) groups excluding carboxylic acids is 1. The number of benzene rings is 1. The molecule has 2 aromatic heterocycles. The van der Waals surface area contributed by atoms with Crippen LogP contribution in [0.1, 0.15) is 23.2 Å². The summed E-state index contributed by atoms with van der Waals surface area (Å²) in [4.78, 5) is 23.3. The zero-order valence-corrected chi connectivity index (χ0v) is 16.8. The van der Waals surface area contributed by atoms with Crippen molar-refractivity contribution in [1.82, 2.24) is 15.4 Å². The third kappa shape index (κ3) is 4.32. The molecule has 7 heteroatoms. The van der Waals surface area contributed by atoms with Crippen LogP contribution in [0.2, 0.25) is 0 Å². The average Bonchev–Trinajstić information content (AvgIpc) is 2.84. The Balaban J connectivity index is 1.66. The van der Waals surface area contributed by atoms with Crippen molar-refractivity contribution in [2.75, 3.05) is 25.1 Å². The monoisotopic (exact) mass is 404 g/mol. The van der Waals surface area contributed by atoms with E-state index in [0.717, 1.165) is 48.4 Å². The van der Waals surface area contributed by atoms with Crippen molar-refractivity contribution in [3.05, 3.63) is 66.5 Å². The predicted octanol–water partition coefficient (Wildman–Crippen LogP) is 3.54. The van der Waals surface area contributed by atoms with Gasteiger partial charge in [0.25, 0.3) is 5.91 Å². The van der Waals surface area contributed by atoms with Crippen molar-refractivity contribution in [3.63, 3.8) is 0 Å². The summed E-state index contributed by atoms with van der Waals surface area (Å²) < 4.78 is 5.45. The molecule has 0 unspecified atom stereocenters. The van der Waals surface area contributed by atoms with Crippen LogP contribution in [0.3, 0.4) is 0 Å². The number of pyridine rings is 2. The number of nitrogens with zero attached hydrogens (tertiary/aromatic N) is 3. The van der Waals surface area contributed by atoms with E-state index in [1.54, 1.807) is 30.9 Å². The van der Waals surface area contributed by atoms with Crippen LogP contribution in [0.4, 0.5) is 5.82 Å². The van der Waals surface area contributed by atoms with Crippen LogP contribution in [-0.2, 0) is 4.74 Å². The second kappa shape index (κ2) is 9.02. The fourth-order valence-electron chi connectivity index (χ4n) is 3.71. The first kappa shape index (κ1) is 20.0. The van der Waals surface area contributed by atoms with Gasteiger partial charge in [-0.2, -0.15) is 0 Å². The molecule has 2 N–H and O–H groups in total. The van der Waals surface area contributed by atoms with E-state index < -0.39 is 5.91 Å². The first-order valence-electron chi connectivity index (χ1n) is 9.93. The van der Waals surface area contributed by atoms with E-state index in [2.05, 4.69) is 9.88 Å². The van der Waals surface area contributed by atoms with Crippen molar-refractivity contribution in [2.24, 2.45) is 0 Å². The number of anilines is 1. The molecule has 1 fully saturated rings. The van der Waals surface area contributed by atoms with E-state index in [0.29, 0.717) is 11.3 Å². The lowest BCUT2D eigenvalue weighted by Crippen LogP contribution is -2.37. The number of nitrogens with one attached hydrogen (secondary N) is 1. The molecule has 3 aromatic rings. The van der Waals surface area contributed by atoms with Gasteiger partial charge in [0.15, 0.2) is 0 Å². The molecule has 0 bridgehead atoms. The molecule has 0 spiro atoms. The molecule has 1 amide bonds. The Labute approximate surface area is 175 Å². The molecule has 7 nitrogen and oxygen atoms in total. The molecule has 0 radical (unpaired) electrons. The second-order valence-corrected chi connectivity index (χ2v) is 7.28. The van der Waals surface area contributed by atoms with E-state index in [-0.39, 0.29) is 6.10 Å². The number of piperidine rings is 1. The molecule has 30 heavy (non-hydrogen) atoms. The number of aromatic nitrogens is 2. The van der Waals surface area contributed by atoms with E-state index in [1.807, 2.05) is 42.6 Å². The third-order valence-corrected chi connectivity index (χ3v) is 5.45. The molecule has 0 atom stereocenters. The van der Waals surface area contributed by atoms with Gasteiger partial charge in [-0.25, -0.2) is 10.5 Å². The van der Waals surface area contributed by atoms with Crippen LogP contribution in [0.15, 0.2) is 60.9 Å². The van der Waals surface area contributed by atoms with Gasteiger partial charge in [0.1, 0.15) is 5.82 Å². The summed E-state index contributed by atoms with van der Waals surface area (Å²) in [5, 5.41) is 9.12. The summed E-state index contributed by atoms with van der Waals surface area (Å²) in [7, 11) is 1.73. The lowest BCUT2D eigenvalue weighted by Gasteiger charge is -2.32. The molecular formula is C23H24N4O3. The number of hydroxylamine groups is 1. The Hall–Kier alpha value is -3.29. The standard InChI is InChI=1S/C23H24N4O3/c1-30-20-8-11-27(12-9-20)22-14-19(23(28)26-29)13-21(25-22)17-6-4-16(5-7-17)18-3-2-10-24-15-18/h2-7,10,13-15,20,29H,8-9,11-12H2,1H3,(H,26,28). The number of carbonyl (C=O) groups is 1. The number of rotatable bonds is 5. The zero-order chi connectivity index (χ0) is 20.9. The van der Waals surface area contributed by atoms with Crippen LogP contribution in [0.5, 0.6) is 0 Å². The summed E-state index contributed by atoms with van der Waals surface area (Å²) in [5.74, 6) is 0.163. The minimum atomic E-state index is -0.557. The second-order valence-electron chi connectivity index (χ2n) is 7.28. The summed E-state index contributed by atoms with van der Waals surface area (Å²) in [6, 6.07) is 15.3. The molecule has 4 rings (SSSR count). The Morgan fingerprint density at radius 1 is 1.10 bits per heavy atom. The Morgan fingerprint density at radius 2 is 1.83 bits per heavy atom. The summed E-state index contributed by atoms with van der Waals surface area (Å²) in [6.07, 6.45) is 5.63. The van der Waals surface area contributed by atoms with Gasteiger partial charge in [-0.05, 0) is 42.2 Å². The van der Waals surface area contributed by atoms with Gasteiger partial charge in [-0.1, -0.05) is 30.3 Å². The van der Waals surface area contributed by atoms with Crippen molar-refractivity contribution in [1.29, 1.82) is 0 Å². The van der Waals surface area contributed by atoms with Gasteiger partial charge in [0.2, 0.25) is 0 Å². The molecule has 1 aliphatic heterocycles. The molecule has 0 saturated carbocycles. The maximum Gasteiger partial charge on any atom is 0.274 e. The summed E-state index contributed by atoms with van der Waals surface area (Å²) in [6.45, 7) is 1.60. The van der Waals surface area contributed by atoms with Crippen molar-refractivity contribution in [2.45, 2.75) is 18.9 Å². The van der Waals surface area contributed by atoms with E-state index in [4.69, 9.17) is 14.9 Å². The van der Waals surface area contributed by atoms with Gasteiger partial charge in [0, 0.05) is 43.7 Å². The average molecular weight is 404 g/mol. The smallest absolute Gasteiger partial charge is 0.274 e. The molecule has 154 valence electrons. The molecular weight excluding hydrogens is 380 g/mol. The molecule has 1 saturated heterocycles. The van der Waals surface area contributed by atoms with Crippen molar-refractivity contribution in [3.8, 4) is 22.4 Å². The maximum absolute atomic E-state index is 12.1. The molecule has 0 aliphatic carbocycles. The lowest BCUT2D eigenvalue weighted by molar-refractivity contribution is 0.0706. The van der Waals surface area contributed by atoms with Crippen LogP contribution in [0.25, 0.3) is 22.4 Å². The summed E-state index contributed by atoms with van der Waals surface area (Å²) >= 11 is 0. The number of ether oxygens (including phenoxy) is 1. The number of hydrogen-bond acceptors (Lipinski definition) is 6. The number of amides is 1. The fourth-order valence-corrected chi connectivity index (χ4v) is 3.71. The van der Waals surface area contributed by atoms with Crippen LogP contribution in [0, 0.1) is 0 Å².